The molecule has 0 N–H and O–H groups in total. The van der Waals surface area contributed by atoms with Crippen molar-refractivity contribution >= 4 is 16.7 Å². The first-order chi connectivity index (χ1) is 8.55. The van der Waals surface area contributed by atoms with E-state index in [4.69, 9.17) is 4.74 Å². The standard InChI is InChI=1S/C15H21O2S/c1-15(2,18-10-4-5-11-18)14(16)12-6-8-13(17-3)9-7-12/h6-9H,4-5,10-11H2,1-3H3/q+1. The fourth-order valence-electron chi connectivity index (χ4n) is 2.39. The minimum atomic E-state index is -0.217. The summed E-state index contributed by atoms with van der Waals surface area (Å²) in [7, 11) is 1.88. The maximum Gasteiger partial charge on any atom is 0.217 e. The van der Waals surface area contributed by atoms with Crippen molar-refractivity contribution in [2.45, 2.75) is 31.4 Å². The van der Waals surface area contributed by atoms with Gasteiger partial charge in [0, 0.05) is 16.5 Å². The highest BCUT2D eigenvalue weighted by molar-refractivity contribution is 7.99. The molecule has 0 amide bonds. The SMILES string of the molecule is COc1ccc(C(=O)C(C)(C)[S+]2CCCC2)cc1. The average molecular weight is 265 g/mol. The minimum Gasteiger partial charge on any atom is -0.497 e. The van der Waals surface area contributed by atoms with Crippen LogP contribution in [-0.2, 0) is 10.9 Å². The molecule has 1 aliphatic rings. The molecule has 2 nitrogen and oxygen atoms in total. The Hall–Kier alpha value is -0.960. The highest BCUT2D eigenvalue weighted by Gasteiger charge is 2.46. The van der Waals surface area contributed by atoms with Gasteiger partial charge in [-0.3, -0.25) is 4.79 Å². The van der Waals surface area contributed by atoms with Crippen LogP contribution in [0.3, 0.4) is 0 Å². The number of benzene rings is 1. The summed E-state index contributed by atoms with van der Waals surface area (Å²) in [6.45, 7) is 4.21. The Labute approximate surface area is 112 Å². The molecule has 1 aromatic rings. The van der Waals surface area contributed by atoms with Gasteiger partial charge in [-0.1, -0.05) is 0 Å². The molecule has 1 saturated heterocycles. The van der Waals surface area contributed by atoms with Gasteiger partial charge in [0.25, 0.3) is 0 Å². The Morgan fingerprint density at radius 3 is 2.22 bits per heavy atom. The zero-order chi connectivity index (χ0) is 13.2. The molecular weight excluding hydrogens is 244 g/mol. The Balaban J connectivity index is 2.18. The molecule has 0 radical (unpaired) electrons. The van der Waals surface area contributed by atoms with Crippen molar-refractivity contribution < 1.29 is 9.53 Å². The number of Topliss-reactive ketones (excluding diaryl/α,β-unsaturated/α-hetero) is 1. The largest absolute Gasteiger partial charge is 0.497 e. The van der Waals surface area contributed by atoms with Gasteiger partial charge in [0.1, 0.15) is 17.3 Å². The fraction of sp³-hybridized carbons (Fsp3) is 0.533. The van der Waals surface area contributed by atoms with Crippen LogP contribution < -0.4 is 4.74 Å². The van der Waals surface area contributed by atoms with Crippen LogP contribution in [0.5, 0.6) is 5.75 Å². The van der Waals surface area contributed by atoms with E-state index in [2.05, 4.69) is 13.8 Å². The van der Waals surface area contributed by atoms with Crippen molar-refractivity contribution in [3.63, 3.8) is 0 Å². The molecule has 0 spiro atoms. The monoisotopic (exact) mass is 265 g/mol. The van der Waals surface area contributed by atoms with E-state index in [1.807, 2.05) is 24.3 Å². The summed E-state index contributed by atoms with van der Waals surface area (Å²) in [5, 5.41) is 0. The average Bonchev–Trinajstić information content (AvgIpc) is 2.92. The van der Waals surface area contributed by atoms with Gasteiger partial charge in [0.05, 0.1) is 7.11 Å². The molecule has 1 aliphatic heterocycles. The van der Waals surface area contributed by atoms with Gasteiger partial charge >= 0.3 is 0 Å². The first kappa shape index (κ1) is 13.5. The molecular formula is C15H21O2S+. The third kappa shape index (κ3) is 2.56. The van der Waals surface area contributed by atoms with E-state index in [1.165, 1.54) is 24.3 Å². The van der Waals surface area contributed by atoms with Gasteiger partial charge in [-0.15, -0.1) is 0 Å². The molecule has 0 saturated carbocycles. The van der Waals surface area contributed by atoms with E-state index in [0.29, 0.717) is 0 Å². The first-order valence-electron chi connectivity index (χ1n) is 6.42. The number of hydrogen-bond acceptors (Lipinski definition) is 2. The molecule has 1 heterocycles. The molecule has 1 aromatic carbocycles. The van der Waals surface area contributed by atoms with E-state index in [0.717, 1.165) is 11.3 Å². The van der Waals surface area contributed by atoms with Crippen molar-refractivity contribution in [1.82, 2.24) is 0 Å². The Bertz CT molecular complexity index is 417. The number of carbonyl (C=O) groups is 1. The second-order valence-electron chi connectivity index (χ2n) is 5.18. The minimum absolute atomic E-state index is 0.217. The third-order valence-electron chi connectivity index (χ3n) is 3.65. The smallest absolute Gasteiger partial charge is 0.217 e. The number of ketones is 1. The van der Waals surface area contributed by atoms with Crippen LogP contribution in [0.15, 0.2) is 24.3 Å². The molecule has 18 heavy (non-hydrogen) atoms. The summed E-state index contributed by atoms with van der Waals surface area (Å²) in [5.41, 5.74) is 0.806. The van der Waals surface area contributed by atoms with Gasteiger partial charge < -0.3 is 4.74 Å². The normalized spacial score (nSPS) is 16.8. The van der Waals surface area contributed by atoms with Crippen LogP contribution >= 0.6 is 0 Å². The summed E-state index contributed by atoms with van der Waals surface area (Å²) in [4.78, 5) is 12.6. The van der Waals surface area contributed by atoms with Crippen LogP contribution in [0, 0.1) is 0 Å². The van der Waals surface area contributed by atoms with E-state index in [9.17, 15) is 4.79 Å². The van der Waals surface area contributed by atoms with Crippen molar-refractivity contribution in [3.8, 4) is 5.75 Å². The van der Waals surface area contributed by atoms with Gasteiger partial charge in [-0.05, 0) is 51.0 Å². The number of carbonyl (C=O) groups excluding carboxylic acids is 1. The van der Waals surface area contributed by atoms with Gasteiger partial charge in [0.15, 0.2) is 4.75 Å². The van der Waals surface area contributed by atoms with Crippen molar-refractivity contribution in [2.75, 3.05) is 18.6 Å². The molecule has 0 aromatic heterocycles. The molecule has 1 fully saturated rings. The maximum absolute atomic E-state index is 12.6. The van der Waals surface area contributed by atoms with Crippen LogP contribution in [0.2, 0.25) is 0 Å². The first-order valence-corrected chi connectivity index (χ1v) is 7.98. The van der Waals surface area contributed by atoms with Gasteiger partial charge in [0.2, 0.25) is 5.78 Å². The van der Waals surface area contributed by atoms with Crippen LogP contribution in [-0.4, -0.2) is 29.1 Å². The summed E-state index contributed by atoms with van der Waals surface area (Å²) >= 11 is 0. The summed E-state index contributed by atoms with van der Waals surface area (Å²) in [5.74, 6) is 3.51. The van der Waals surface area contributed by atoms with Crippen LogP contribution in [0.25, 0.3) is 0 Å². The zero-order valence-electron chi connectivity index (χ0n) is 11.4. The number of hydrogen-bond donors (Lipinski definition) is 0. The number of rotatable bonds is 4. The predicted octanol–water partition coefficient (Wildman–Crippen LogP) is 3.07. The highest BCUT2D eigenvalue weighted by atomic mass is 32.2. The maximum atomic E-state index is 12.6. The third-order valence-corrected chi connectivity index (χ3v) is 6.84. The highest BCUT2D eigenvalue weighted by Crippen LogP contribution is 2.30. The Morgan fingerprint density at radius 1 is 1.17 bits per heavy atom. The van der Waals surface area contributed by atoms with Crippen molar-refractivity contribution in [1.29, 1.82) is 0 Å². The number of methoxy groups -OCH3 is 1. The van der Waals surface area contributed by atoms with Crippen molar-refractivity contribution in [2.24, 2.45) is 0 Å². The summed E-state index contributed by atoms with van der Waals surface area (Å²) in [6, 6.07) is 7.48. The molecule has 2 rings (SSSR count). The molecule has 0 unspecified atom stereocenters. The molecule has 3 heteroatoms. The van der Waals surface area contributed by atoms with E-state index in [-0.39, 0.29) is 21.4 Å². The molecule has 0 aliphatic carbocycles. The second-order valence-corrected chi connectivity index (χ2v) is 8.00. The predicted molar refractivity (Wildman–Crippen MR) is 77.7 cm³/mol. The van der Waals surface area contributed by atoms with E-state index < -0.39 is 0 Å². The zero-order valence-corrected chi connectivity index (χ0v) is 12.2. The summed E-state index contributed by atoms with van der Waals surface area (Å²) in [6.07, 6.45) is 2.56. The van der Waals surface area contributed by atoms with E-state index in [1.54, 1.807) is 7.11 Å². The molecule has 0 atom stereocenters. The second kappa shape index (κ2) is 5.35. The van der Waals surface area contributed by atoms with Crippen LogP contribution in [0.4, 0.5) is 0 Å². The topological polar surface area (TPSA) is 26.3 Å². The Kier molecular flexibility index (Phi) is 4.00. The lowest BCUT2D eigenvalue weighted by molar-refractivity contribution is 0.0956. The van der Waals surface area contributed by atoms with Gasteiger partial charge in [-0.25, -0.2) is 0 Å². The van der Waals surface area contributed by atoms with Crippen LogP contribution in [0.1, 0.15) is 37.0 Å². The lowest BCUT2D eigenvalue weighted by Gasteiger charge is -2.21. The lowest BCUT2D eigenvalue weighted by atomic mass is 10.0. The molecule has 98 valence electrons. The fourth-order valence-corrected chi connectivity index (χ4v) is 5.10. The van der Waals surface area contributed by atoms with Crippen molar-refractivity contribution in [3.05, 3.63) is 29.8 Å². The quantitative estimate of drug-likeness (QED) is 0.618. The molecule has 0 bridgehead atoms. The number of ether oxygens (including phenoxy) is 1. The summed E-state index contributed by atoms with van der Waals surface area (Å²) < 4.78 is 4.91. The Morgan fingerprint density at radius 2 is 1.72 bits per heavy atom. The van der Waals surface area contributed by atoms with E-state index >= 15 is 0 Å². The van der Waals surface area contributed by atoms with Gasteiger partial charge in [-0.2, -0.15) is 0 Å². The lowest BCUT2D eigenvalue weighted by Crippen LogP contribution is -2.41.